The molecule has 1 aliphatic carbocycles. The Morgan fingerprint density at radius 3 is 2.82 bits per heavy atom. The first kappa shape index (κ1) is 10.8. The first-order valence-electron chi connectivity index (χ1n) is 5.66. The van der Waals surface area contributed by atoms with E-state index < -0.39 is 9.84 Å². The minimum atomic E-state index is -3.29. The number of hydrogen-bond acceptors (Lipinski definition) is 4. The molecule has 4 nitrogen and oxygen atoms in total. The molecule has 1 fully saturated rings. The number of sulfone groups is 1. The average molecular weight is 250 g/mol. The summed E-state index contributed by atoms with van der Waals surface area (Å²) in [6, 6.07) is 5.58. The van der Waals surface area contributed by atoms with E-state index in [-0.39, 0.29) is 0 Å². The Morgan fingerprint density at radius 1 is 1.35 bits per heavy atom. The van der Waals surface area contributed by atoms with Crippen LogP contribution in [0.2, 0.25) is 0 Å². The maximum absolute atomic E-state index is 11.9. The highest BCUT2D eigenvalue weighted by Gasteiger charge is 2.29. The molecule has 1 aromatic rings. The molecule has 0 saturated heterocycles. The first-order valence-corrected chi connectivity index (χ1v) is 7.20. The number of fused-ring (bicyclic) bond motifs is 1. The fraction of sp³-hybridized carbons (Fsp3) is 0.333. The van der Waals surface area contributed by atoms with E-state index in [0.29, 0.717) is 28.7 Å². The Kier molecular flexibility index (Phi) is 2.27. The van der Waals surface area contributed by atoms with E-state index in [0.717, 1.165) is 5.57 Å². The third kappa shape index (κ3) is 1.85. The summed E-state index contributed by atoms with van der Waals surface area (Å²) in [5.74, 6) is 0. The second-order valence-electron chi connectivity index (χ2n) is 4.56. The molecule has 5 heteroatoms. The molecule has 0 radical (unpaired) electrons. The molecule has 1 saturated carbocycles. The van der Waals surface area contributed by atoms with Gasteiger partial charge in [0, 0.05) is 29.2 Å². The number of nitrogen functional groups attached to an aromatic ring is 1. The van der Waals surface area contributed by atoms with Crippen LogP contribution in [0.1, 0.15) is 18.4 Å². The molecular formula is C12H14N2O2S. The van der Waals surface area contributed by atoms with Crippen molar-refractivity contribution in [2.75, 3.05) is 12.3 Å². The predicted octanol–water partition coefficient (Wildman–Crippen LogP) is 1.15. The lowest BCUT2D eigenvalue weighted by atomic mass is 10.1. The summed E-state index contributed by atoms with van der Waals surface area (Å²) in [7, 11) is -3.29. The van der Waals surface area contributed by atoms with Crippen molar-refractivity contribution in [1.29, 1.82) is 0 Å². The normalized spacial score (nSPS) is 21.1. The molecule has 2 aliphatic rings. The smallest absolute Gasteiger partial charge is 0.200 e. The Morgan fingerprint density at radius 2 is 2.12 bits per heavy atom. The SMILES string of the molecule is Nc1cccc2c1C(CNC1CC1)=CS2(=O)=O. The van der Waals surface area contributed by atoms with Crippen LogP contribution in [0, 0.1) is 0 Å². The molecule has 90 valence electrons. The summed E-state index contributed by atoms with van der Waals surface area (Å²) in [4.78, 5) is 0.338. The van der Waals surface area contributed by atoms with Crippen LogP contribution in [0.5, 0.6) is 0 Å². The van der Waals surface area contributed by atoms with Crippen LogP contribution in [0.25, 0.3) is 5.57 Å². The third-order valence-electron chi connectivity index (χ3n) is 3.14. The van der Waals surface area contributed by atoms with Crippen LogP contribution >= 0.6 is 0 Å². The van der Waals surface area contributed by atoms with Gasteiger partial charge in [0.1, 0.15) is 0 Å². The molecule has 1 aliphatic heterocycles. The van der Waals surface area contributed by atoms with E-state index in [1.807, 2.05) is 0 Å². The molecule has 3 N–H and O–H groups in total. The number of nitrogens with two attached hydrogens (primary N) is 1. The van der Waals surface area contributed by atoms with E-state index in [2.05, 4.69) is 5.32 Å². The summed E-state index contributed by atoms with van der Waals surface area (Å²) in [6.07, 6.45) is 2.36. The lowest BCUT2D eigenvalue weighted by Gasteiger charge is -2.08. The second-order valence-corrected chi connectivity index (χ2v) is 6.33. The highest BCUT2D eigenvalue weighted by molar-refractivity contribution is 7.95. The zero-order chi connectivity index (χ0) is 12.0. The van der Waals surface area contributed by atoms with Crippen molar-refractivity contribution in [3.63, 3.8) is 0 Å². The van der Waals surface area contributed by atoms with Crippen LogP contribution in [0.15, 0.2) is 28.5 Å². The van der Waals surface area contributed by atoms with Crippen molar-refractivity contribution in [3.8, 4) is 0 Å². The molecule has 0 unspecified atom stereocenters. The highest BCUT2D eigenvalue weighted by atomic mass is 32.2. The van der Waals surface area contributed by atoms with Crippen molar-refractivity contribution in [3.05, 3.63) is 29.2 Å². The summed E-state index contributed by atoms with van der Waals surface area (Å²) in [5.41, 5.74) is 7.87. The topological polar surface area (TPSA) is 72.2 Å². The summed E-state index contributed by atoms with van der Waals surface area (Å²) in [5, 5.41) is 4.65. The Labute approximate surface area is 100 Å². The van der Waals surface area contributed by atoms with Crippen LogP contribution in [0.3, 0.4) is 0 Å². The molecule has 0 bridgehead atoms. The van der Waals surface area contributed by atoms with Gasteiger partial charge < -0.3 is 11.1 Å². The van der Waals surface area contributed by atoms with Crippen LogP contribution in [0.4, 0.5) is 5.69 Å². The lowest BCUT2D eigenvalue weighted by molar-refractivity contribution is 0.605. The van der Waals surface area contributed by atoms with Crippen molar-refractivity contribution >= 4 is 21.1 Å². The van der Waals surface area contributed by atoms with Crippen LogP contribution in [-0.2, 0) is 9.84 Å². The van der Waals surface area contributed by atoms with Crippen molar-refractivity contribution in [1.82, 2.24) is 5.32 Å². The van der Waals surface area contributed by atoms with Gasteiger partial charge in [-0.15, -0.1) is 0 Å². The number of anilines is 1. The van der Waals surface area contributed by atoms with E-state index in [9.17, 15) is 8.42 Å². The fourth-order valence-corrected chi connectivity index (χ4v) is 3.61. The van der Waals surface area contributed by atoms with Gasteiger partial charge in [-0.2, -0.15) is 0 Å². The van der Waals surface area contributed by atoms with Gasteiger partial charge in [-0.3, -0.25) is 0 Å². The van der Waals surface area contributed by atoms with Gasteiger partial charge in [-0.1, -0.05) is 6.07 Å². The van der Waals surface area contributed by atoms with E-state index in [4.69, 9.17) is 5.73 Å². The molecule has 3 rings (SSSR count). The predicted molar refractivity (Wildman–Crippen MR) is 67.0 cm³/mol. The maximum Gasteiger partial charge on any atom is 0.200 e. The van der Waals surface area contributed by atoms with Crippen molar-refractivity contribution in [2.45, 2.75) is 23.8 Å². The molecule has 1 aromatic carbocycles. The second kappa shape index (κ2) is 3.58. The monoisotopic (exact) mass is 250 g/mol. The minimum Gasteiger partial charge on any atom is -0.398 e. The molecule has 0 amide bonds. The number of nitrogens with one attached hydrogen (secondary N) is 1. The van der Waals surface area contributed by atoms with Gasteiger partial charge in [-0.25, -0.2) is 8.42 Å². The van der Waals surface area contributed by atoms with Gasteiger partial charge in [0.2, 0.25) is 9.84 Å². The average Bonchev–Trinajstić information content (AvgIpc) is 3.04. The van der Waals surface area contributed by atoms with Crippen molar-refractivity contribution < 1.29 is 8.42 Å². The minimum absolute atomic E-state index is 0.338. The zero-order valence-electron chi connectivity index (χ0n) is 9.31. The number of hydrogen-bond donors (Lipinski definition) is 2. The van der Waals surface area contributed by atoms with Gasteiger partial charge in [0.05, 0.1) is 4.90 Å². The summed E-state index contributed by atoms with van der Waals surface area (Å²) < 4.78 is 23.8. The van der Waals surface area contributed by atoms with E-state index in [1.54, 1.807) is 18.2 Å². The van der Waals surface area contributed by atoms with Gasteiger partial charge in [0.15, 0.2) is 0 Å². The fourth-order valence-electron chi connectivity index (χ4n) is 2.11. The standard InChI is InChI=1S/C12H14N2O2S/c13-10-2-1-3-11-12(10)8(7-17(11,15)16)6-14-9-4-5-9/h1-3,7,9,14H,4-6,13H2. The Balaban J connectivity index is 2.00. The lowest BCUT2D eigenvalue weighted by Crippen LogP contribution is -2.18. The molecule has 17 heavy (non-hydrogen) atoms. The first-order chi connectivity index (χ1) is 8.08. The van der Waals surface area contributed by atoms with Gasteiger partial charge in [-0.05, 0) is 30.5 Å². The van der Waals surface area contributed by atoms with E-state index >= 15 is 0 Å². The third-order valence-corrected chi connectivity index (χ3v) is 4.69. The van der Waals surface area contributed by atoms with Gasteiger partial charge in [0.25, 0.3) is 0 Å². The largest absolute Gasteiger partial charge is 0.398 e. The van der Waals surface area contributed by atoms with Crippen molar-refractivity contribution in [2.24, 2.45) is 0 Å². The Bertz CT molecular complexity index is 601. The summed E-state index contributed by atoms with van der Waals surface area (Å²) >= 11 is 0. The molecule has 0 aromatic heterocycles. The van der Waals surface area contributed by atoms with Gasteiger partial charge >= 0.3 is 0 Å². The van der Waals surface area contributed by atoms with E-state index in [1.165, 1.54) is 18.2 Å². The Hall–Kier alpha value is -1.33. The molecule has 1 heterocycles. The van der Waals surface area contributed by atoms with Crippen LogP contribution in [-0.4, -0.2) is 21.0 Å². The quantitative estimate of drug-likeness (QED) is 0.789. The maximum atomic E-state index is 11.9. The molecule has 0 atom stereocenters. The molecular weight excluding hydrogens is 236 g/mol. The molecule has 0 spiro atoms. The summed E-state index contributed by atoms with van der Waals surface area (Å²) in [6.45, 7) is 0.575. The number of benzene rings is 1. The number of rotatable bonds is 3. The zero-order valence-corrected chi connectivity index (χ0v) is 10.1. The highest BCUT2D eigenvalue weighted by Crippen LogP contribution is 2.37. The van der Waals surface area contributed by atoms with Crippen LogP contribution < -0.4 is 11.1 Å².